The minimum atomic E-state index is 0.114. The lowest BCUT2D eigenvalue weighted by molar-refractivity contribution is -0.125. The van der Waals surface area contributed by atoms with Gasteiger partial charge in [-0.3, -0.25) is 4.79 Å². The number of carbonyl (C=O) groups is 1. The van der Waals surface area contributed by atoms with Gasteiger partial charge in [-0.15, -0.1) is 0 Å². The Kier molecular flexibility index (Phi) is 5.25. The maximum atomic E-state index is 12.0. The maximum absolute atomic E-state index is 12.0. The largest absolute Gasteiger partial charge is 0.355 e. The van der Waals surface area contributed by atoms with E-state index in [0.29, 0.717) is 29.7 Å². The third-order valence-corrected chi connectivity index (χ3v) is 4.17. The van der Waals surface area contributed by atoms with E-state index in [1.54, 1.807) is 12.1 Å². The van der Waals surface area contributed by atoms with Crippen LogP contribution in [0, 0.1) is 5.92 Å². The Morgan fingerprint density at radius 2 is 2.04 bits per heavy atom. The molecule has 1 amide bonds. The fraction of sp³-hybridized carbons (Fsp3) is 0.438. The molecule has 2 heterocycles. The number of nitrogens with zero attached hydrogens (tertiary/aromatic N) is 2. The number of benzene rings is 1. The maximum Gasteiger partial charge on any atom is 0.228 e. The molecule has 1 aliphatic rings. The number of amides is 1. The van der Waals surface area contributed by atoms with Crippen molar-refractivity contribution in [1.29, 1.82) is 0 Å². The van der Waals surface area contributed by atoms with Crippen molar-refractivity contribution in [3.8, 4) is 11.4 Å². The van der Waals surface area contributed by atoms with Crippen LogP contribution in [0.3, 0.4) is 0 Å². The van der Waals surface area contributed by atoms with Crippen LogP contribution >= 0.6 is 11.6 Å². The number of halogens is 1. The molecule has 23 heavy (non-hydrogen) atoms. The van der Waals surface area contributed by atoms with E-state index in [0.717, 1.165) is 31.5 Å². The third kappa shape index (κ3) is 4.30. The fourth-order valence-corrected chi connectivity index (χ4v) is 2.72. The van der Waals surface area contributed by atoms with Gasteiger partial charge in [-0.05, 0) is 50.2 Å². The average Bonchev–Trinajstić information content (AvgIpc) is 3.05. The molecule has 0 radical (unpaired) electrons. The van der Waals surface area contributed by atoms with Crippen LogP contribution in [0.25, 0.3) is 11.4 Å². The van der Waals surface area contributed by atoms with Crippen LogP contribution in [0.2, 0.25) is 5.02 Å². The molecule has 0 saturated carbocycles. The molecule has 2 N–H and O–H groups in total. The van der Waals surface area contributed by atoms with Crippen molar-refractivity contribution in [1.82, 2.24) is 20.8 Å². The first-order valence-electron chi connectivity index (χ1n) is 7.79. The minimum Gasteiger partial charge on any atom is -0.355 e. The van der Waals surface area contributed by atoms with Gasteiger partial charge in [0.05, 0.1) is 0 Å². The van der Waals surface area contributed by atoms with Gasteiger partial charge < -0.3 is 15.2 Å². The fourth-order valence-electron chi connectivity index (χ4n) is 2.59. The van der Waals surface area contributed by atoms with E-state index < -0.39 is 0 Å². The molecule has 0 atom stereocenters. The molecule has 0 spiro atoms. The molecule has 1 aliphatic heterocycles. The highest BCUT2D eigenvalue weighted by molar-refractivity contribution is 6.30. The second-order valence-electron chi connectivity index (χ2n) is 5.58. The van der Waals surface area contributed by atoms with Gasteiger partial charge in [-0.2, -0.15) is 4.98 Å². The zero-order valence-corrected chi connectivity index (χ0v) is 13.5. The SMILES string of the molecule is O=C(NCCc1nc(-c2ccc(Cl)cc2)no1)C1CCNCC1. The molecule has 122 valence electrons. The summed E-state index contributed by atoms with van der Waals surface area (Å²) in [4.78, 5) is 16.4. The van der Waals surface area contributed by atoms with Crippen LogP contribution < -0.4 is 10.6 Å². The molecule has 0 unspecified atom stereocenters. The summed E-state index contributed by atoms with van der Waals surface area (Å²) in [6.07, 6.45) is 2.32. The lowest BCUT2D eigenvalue weighted by atomic mass is 9.97. The predicted octanol–water partition coefficient (Wildman–Crippen LogP) is 2.05. The van der Waals surface area contributed by atoms with Crippen molar-refractivity contribution in [2.45, 2.75) is 19.3 Å². The average molecular weight is 335 g/mol. The summed E-state index contributed by atoms with van der Waals surface area (Å²) < 4.78 is 5.22. The van der Waals surface area contributed by atoms with Crippen LogP contribution in [0.5, 0.6) is 0 Å². The summed E-state index contributed by atoms with van der Waals surface area (Å²) in [5.41, 5.74) is 0.850. The number of aromatic nitrogens is 2. The Morgan fingerprint density at radius 3 is 2.78 bits per heavy atom. The number of rotatable bonds is 5. The Balaban J connectivity index is 1.49. The lowest BCUT2D eigenvalue weighted by Gasteiger charge is -2.21. The molecule has 6 nitrogen and oxygen atoms in total. The Morgan fingerprint density at radius 1 is 1.30 bits per heavy atom. The minimum absolute atomic E-state index is 0.114. The highest BCUT2D eigenvalue weighted by Crippen LogP contribution is 2.18. The molecular formula is C16H19ClN4O2. The summed E-state index contributed by atoms with van der Waals surface area (Å²) in [5, 5.41) is 10.8. The van der Waals surface area contributed by atoms with Gasteiger partial charge in [0.15, 0.2) is 0 Å². The van der Waals surface area contributed by atoms with Crippen molar-refractivity contribution in [2.75, 3.05) is 19.6 Å². The van der Waals surface area contributed by atoms with Crippen molar-refractivity contribution in [3.63, 3.8) is 0 Å². The highest BCUT2D eigenvalue weighted by atomic mass is 35.5. The molecular weight excluding hydrogens is 316 g/mol. The summed E-state index contributed by atoms with van der Waals surface area (Å²) in [6.45, 7) is 2.32. The summed E-state index contributed by atoms with van der Waals surface area (Å²) in [5.74, 6) is 1.27. The Labute approximate surface area is 139 Å². The normalized spacial score (nSPS) is 15.5. The Hall–Kier alpha value is -1.92. The van der Waals surface area contributed by atoms with E-state index in [2.05, 4.69) is 20.8 Å². The van der Waals surface area contributed by atoms with E-state index in [-0.39, 0.29) is 11.8 Å². The van der Waals surface area contributed by atoms with Gasteiger partial charge in [-0.1, -0.05) is 16.8 Å². The molecule has 1 fully saturated rings. The van der Waals surface area contributed by atoms with Crippen molar-refractivity contribution in [3.05, 3.63) is 35.2 Å². The van der Waals surface area contributed by atoms with Gasteiger partial charge in [0.2, 0.25) is 17.6 Å². The van der Waals surface area contributed by atoms with Crippen molar-refractivity contribution in [2.24, 2.45) is 5.92 Å². The first kappa shape index (κ1) is 16.0. The molecule has 0 bridgehead atoms. The quantitative estimate of drug-likeness (QED) is 0.874. The number of hydrogen-bond acceptors (Lipinski definition) is 5. The van der Waals surface area contributed by atoms with Gasteiger partial charge in [0.25, 0.3) is 0 Å². The number of carbonyl (C=O) groups excluding carboxylic acids is 1. The topological polar surface area (TPSA) is 80.1 Å². The van der Waals surface area contributed by atoms with E-state index >= 15 is 0 Å². The van der Waals surface area contributed by atoms with Gasteiger partial charge in [0.1, 0.15) is 0 Å². The van der Waals surface area contributed by atoms with Crippen molar-refractivity contribution < 1.29 is 9.32 Å². The van der Waals surface area contributed by atoms with E-state index in [4.69, 9.17) is 16.1 Å². The summed E-state index contributed by atoms with van der Waals surface area (Å²) in [7, 11) is 0. The zero-order valence-electron chi connectivity index (χ0n) is 12.7. The molecule has 3 rings (SSSR count). The highest BCUT2D eigenvalue weighted by Gasteiger charge is 2.20. The Bertz CT molecular complexity index is 650. The van der Waals surface area contributed by atoms with Crippen LogP contribution in [-0.4, -0.2) is 35.7 Å². The van der Waals surface area contributed by atoms with E-state index in [9.17, 15) is 4.79 Å². The second-order valence-corrected chi connectivity index (χ2v) is 6.02. The molecule has 7 heteroatoms. The predicted molar refractivity (Wildman–Crippen MR) is 87.1 cm³/mol. The lowest BCUT2D eigenvalue weighted by Crippen LogP contribution is -2.38. The van der Waals surface area contributed by atoms with Crippen LogP contribution in [0.1, 0.15) is 18.7 Å². The van der Waals surface area contributed by atoms with Crippen LogP contribution in [-0.2, 0) is 11.2 Å². The number of piperidine rings is 1. The van der Waals surface area contributed by atoms with Crippen LogP contribution in [0.15, 0.2) is 28.8 Å². The smallest absolute Gasteiger partial charge is 0.228 e. The third-order valence-electron chi connectivity index (χ3n) is 3.92. The van der Waals surface area contributed by atoms with E-state index in [1.165, 1.54) is 0 Å². The van der Waals surface area contributed by atoms with E-state index in [1.807, 2.05) is 12.1 Å². The molecule has 1 saturated heterocycles. The molecule has 2 aromatic rings. The molecule has 1 aromatic carbocycles. The first-order valence-corrected chi connectivity index (χ1v) is 8.17. The summed E-state index contributed by atoms with van der Waals surface area (Å²) >= 11 is 5.86. The molecule has 0 aliphatic carbocycles. The van der Waals surface area contributed by atoms with Crippen LogP contribution in [0.4, 0.5) is 0 Å². The van der Waals surface area contributed by atoms with Gasteiger partial charge in [0, 0.05) is 29.5 Å². The van der Waals surface area contributed by atoms with Gasteiger partial charge >= 0.3 is 0 Å². The number of nitrogens with one attached hydrogen (secondary N) is 2. The monoisotopic (exact) mass is 334 g/mol. The number of hydrogen-bond donors (Lipinski definition) is 2. The zero-order chi connectivity index (χ0) is 16.1. The van der Waals surface area contributed by atoms with Crippen molar-refractivity contribution >= 4 is 17.5 Å². The molecule has 1 aromatic heterocycles. The standard InChI is InChI=1S/C16H19ClN4O2/c17-13-3-1-11(2-4-13)15-20-14(23-21-15)7-10-19-16(22)12-5-8-18-9-6-12/h1-4,12,18H,5-10H2,(H,19,22). The summed E-state index contributed by atoms with van der Waals surface area (Å²) in [6, 6.07) is 7.25. The second kappa shape index (κ2) is 7.57. The first-order chi connectivity index (χ1) is 11.2. The van der Waals surface area contributed by atoms with Gasteiger partial charge in [-0.25, -0.2) is 0 Å².